The van der Waals surface area contributed by atoms with E-state index in [2.05, 4.69) is 10.2 Å². The van der Waals surface area contributed by atoms with Crippen LogP contribution in [0.5, 0.6) is 5.75 Å². The highest BCUT2D eigenvalue weighted by Gasteiger charge is 2.10. The molecule has 0 radical (unpaired) electrons. The van der Waals surface area contributed by atoms with E-state index in [-0.39, 0.29) is 0 Å². The Labute approximate surface area is 137 Å². The predicted molar refractivity (Wildman–Crippen MR) is 87.3 cm³/mol. The molecule has 3 aromatic rings. The average molecular weight is 333 g/mol. The van der Waals surface area contributed by atoms with Crippen LogP contribution in [-0.4, -0.2) is 17.3 Å². The molecule has 1 heterocycles. The van der Waals surface area contributed by atoms with E-state index in [1.54, 1.807) is 7.11 Å². The third kappa shape index (κ3) is 3.43. The van der Waals surface area contributed by atoms with Crippen molar-refractivity contribution in [2.24, 2.45) is 0 Å². The van der Waals surface area contributed by atoms with E-state index in [1.807, 2.05) is 48.5 Å². The maximum atomic E-state index is 6.13. The summed E-state index contributed by atoms with van der Waals surface area (Å²) in [7, 11) is 1.63. The number of halogens is 1. The van der Waals surface area contributed by atoms with Crippen LogP contribution in [0.1, 0.15) is 5.56 Å². The Balaban J connectivity index is 1.69. The fraction of sp³-hybridized carbons (Fsp3) is 0.125. The number of methoxy groups -OCH3 is 1. The minimum absolute atomic E-state index is 0.490. The lowest BCUT2D eigenvalue weighted by Crippen LogP contribution is -1.82. The summed E-state index contributed by atoms with van der Waals surface area (Å²) in [5.74, 6) is 1.96. The quantitative estimate of drug-likeness (QED) is 0.634. The van der Waals surface area contributed by atoms with E-state index in [9.17, 15) is 0 Å². The molecule has 0 saturated heterocycles. The Morgan fingerprint density at radius 1 is 1.09 bits per heavy atom. The smallest absolute Gasteiger partial charge is 0.277 e. The van der Waals surface area contributed by atoms with E-state index in [0.717, 1.165) is 21.9 Å². The third-order valence-corrected chi connectivity index (χ3v) is 4.29. The lowest BCUT2D eigenvalue weighted by atomic mass is 10.2. The van der Waals surface area contributed by atoms with Gasteiger partial charge in [0.25, 0.3) is 5.22 Å². The summed E-state index contributed by atoms with van der Waals surface area (Å²) >= 11 is 7.59. The van der Waals surface area contributed by atoms with Crippen molar-refractivity contribution in [1.82, 2.24) is 10.2 Å². The fourth-order valence-corrected chi connectivity index (χ4v) is 2.92. The van der Waals surface area contributed by atoms with Gasteiger partial charge in [-0.1, -0.05) is 41.6 Å². The molecule has 0 saturated carbocycles. The van der Waals surface area contributed by atoms with Gasteiger partial charge >= 0.3 is 0 Å². The van der Waals surface area contributed by atoms with Crippen molar-refractivity contribution in [3.05, 3.63) is 59.1 Å². The molecule has 0 aliphatic rings. The number of thioether (sulfide) groups is 1. The molecule has 0 spiro atoms. The van der Waals surface area contributed by atoms with Crippen LogP contribution in [0.2, 0.25) is 5.02 Å². The molecule has 0 bridgehead atoms. The molecule has 4 nitrogen and oxygen atoms in total. The van der Waals surface area contributed by atoms with Gasteiger partial charge in [-0.05, 0) is 35.9 Å². The normalized spacial score (nSPS) is 10.6. The molecule has 0 unspecified atom stereocenters. The van der Waals surface area contributed by atoms with E-state index in [0.29, 0.717) is 16.9 Å². The van der Waals surface area contributed by atoms with Crippen LogP contribution in [0.3, 0.4) is 0 Å². The van der Waals surface area contributed by atoms with Crippen molar-refractivity contribution in [2.45, 2.75) is 11.0 Å². The minimum Gasteiger partial charge on any atom is -0.497 e. The first-order chi connectivity index (χ1) is 10.8. The molecule has 3 rings (SSSR count). The molecule has 0 fully saturated rings. The molecule has 0 amide bonds. The maximum absolute atomic E-state index is 6.13. The first-order valence-electron chi connectivity index (χ1n) is 6.60. The molecule has 1 aromatic heterocycles. The van der Waals surface area contributed by atoms with Crippen molar-refractivity contribution in [3.8, 4) is 17.2 Å². The summed E-state index contributed by atoms with van der Waals surface area (Å²) < 4.78 is 10.8. The Hall–Kier alpha value is -1.98. The first kappa shape index (κ1) is 14.9. The number of ether oxygens (including phenoxy) is 1. The second-order valence-electron chi connectivity index (χ2n) is 4.48. The molecule has 22 heavy (non-hydrogen) atoms. The minimum atomic E-state index is 0.490. The Kier molecular flexibility index (Phi) is 4.65. The van der Waals surface area contributed by atoms with E-state index in [4.69, 9.17) is 20.8 Å². The topological polar surface area (TPSA) is 48.2 Å². The Morgan fingerprint density at radius 2 is 1.86 bits per heavy atom. The fourth-order valence-electron chi connectivity index (χ4n) is 1.87. The molecule has 6 heteroatoms. The standard InChI is InChI=1S/C16H13ClN2O2S/c1-20-13-8-6-11(7-9-13)15-18-19-16(21-15)22-10-12-4-2-3-5-14(12)17/h2-9H,10H2,1H3. The highest BCUT2D eigenvalue weighted by atomic mass is 35.5. The lowest BCUT2D eigenvalue weighted by Gasteiger charge is -2.01. The number of rotatable bonds is 5. The summed E-state index contributed by atoms with van der Waals surface area (Å²) in [6.45, 7) is 0. The average Bonchev–Trinajstić information content (AvgIpc) is 3.03. The largest absolute Gasteiger partial charge is 0.497 e. The second-order valence-corrected chi connectivity index (χ2v) is 5.82. The molecule has 0 aliphatic heterocycles. The number of aromatic nitrogens is 2. The van der Waals surface area contributed by atoms with E-state index < -0.39 is 0 Å². The van der Waals surface area contributed by atoms with Crippen molar-refractivity contribution < 1.29 is 9.15 Å². The van der Waals surface area contributed by atoms with Gasteiger partial charge in [-0.25, -0.2) is 0 Å². The third-order valence-electron chi connectivity index (χ3n) is 3.05. The zero-order valence-corrected chi connectivity index (χ0v) is 13.4. The predicted octanol–water partition coefficient (Wildman–Crippen LogP) is 4.69. The van der Waals surface area contributed by atoms with Crippen LogP contribution in [0.15, 0.2) is 58.2 Å². The summed E-state index contributed by atoms with van der Waals surface area (Å²) in [6, 6.07) is 15.2. The van der Waals surface area contributed by atoms with Crippen molar-refractivity contribution >= 4 is 23.4 Å². The summed E-state index contributed by atoms with van der Waals surface area (Å²) in [5.41, 5.74) is 1.90. The number of benzene rings is 2. The van der Waals surface area contributed by atoms with Gasteiger partial charge in [0.15, 0.2) is 0 Å². The van der Waals surface area contributed by atoms with Gasteiger partial charge in [0.1, 0.15) is 5.75 Å². The van der Waals surface area contributed by atoms with Crippen LogP contribution in [0, 0.1) is 0 Å². The van der Waals surface area contributed by atoms with Crippen LogP contribution in [0.25, 0.3) is 11.5 Å². The van der Waals surface area contributed by atoms with E-state index >= 15 is 0 Å². The van der Waals surface area contributed by atoms with E-state index in [1.165, 1.54) is 11.8 Å². The second kappa shape index (κ2) is 6.85. The molecule has 2 aromatic carbocycles. The van der Waals surface area contributed by atoms with Crippen molar-refractivity contribution in [1.29, 1.82) is 0 Å². The summed E-state index contributed by atoms with van der Waals surface area (Å²) in [4.78, 5) is 0. The van der Waals surface area contributed by atoms with Crippen LogP contribution in [-0.2, 0) is 5.75 Å². The van der Waals surface area contributed by atoms with Gasteiger partial charge in [-0.3, -0.25) is 0 Å². The van der Waals surface area contributed by atoms with Gasteiger partial charge in [0.05, 0.1) is 7.11 Å². The Bertz CT molecular complexity index is 759. The number of hydrogen-bond acceptors (Lipinski definition) is 5. The number of nitrogens with zero attached hydrogens (tertiary/aromatic N) is 2. The molecule has 0 aliphatic carbocycles. The lowest BCUT2D eigenvalue weighted by molar-refractivity contribution is 0.414. The van der Waals surface area contributed by atoms with Gasteiger partial charge in [-0.2, -0.15) is 0 Å². The van der Waals surface area contributed by atoms with Crippen molar-refractivity contribution in [2.75, 3.05) is 7.11 Å². The highest BCUT2D eigenvalue weighted by molar-refractivity contribution is 7.98. The summed E-state index contributed by atoms with van der Waals surface area (Å²) in [5, 5.41) is 9.38. The maximum Gasteiger partial charge on any atom is 0.277 e. The zero-order valence-electron chi connectivity index (χ0n) is 11.8. The van der Waals surface area contributed by atoms with Crippen LogP contribution >= 0.6 is 23.4 Å². The highest BCUT2D eigenvalue weighted by Crippen LogP contribution is 2.28. The van der Waals surface area contributed by atoms with Crippen LogP contribution < -0.4 is 4.74 Å². The molecule has 0 atom stereocenters. The van der Waals surface area contributed by atoms with Crippen molar-refractivity contribution in [3.63, 3.8) is 0 Å². The monoisotopic (exact) mass is 332 g/mol. The SMILES string of the molecule is COc1ccc(-c2nnc(SCc3ccccc3Cl)o2)cc1. The van der Waals surface area contributed by atoms with Gasteiger partial charge in [-0.15, -0.1) is 10.2 Å². The van der Waals surface area contributed by atoms with Gasteiger partial charge in [0.2, 0.25) is 5.89 Å². The Morgan fingerprint density at radius 3 is 2.59 bits per heavy atom. The molecule has 0 N–H and O–H groups in total. The zero-order chi connectivity index (χ0) is 15.4. The van der Waals surface area contributed by atoms with Gasteiger partial charge < -0.3 is 9.15 Å². The number of hydrogen-bond donors (Lipinski definition) is 0. The molecule has 112 valence electrons. The van der Waals surface area contributed by atoms with Crippen LogP contribution in [0.4, 0.5) is 0 Å². The molecular weight excluding hydrogens is 320 g/mol. The summed E-state index contributed by atoms with van der Waals surface area (Å²) in [6.07, 6.45) is 0. The molecular formula is C16H13ClN2O2S. The first-order valence-corrected chi connectivity index (χ1v) is 7.97. The van der Waals surface area contributed by atoms with Gasteiger partial charge in [0, 0.05) is 16.3 Å².